The Bertz CT molecular complexity index is 1120. The minimum Gasteiger partial charge on any atom is -0.483 e. The summed E-state index contributed by atoms with van der Waals surface area (Å²) < 4.78 is 5.95. The Morgan fingerprint density at radius 3 is 2.81 bits per heavy atom. The van der Waals surface area contributed by atoms with E-state index in [1.165, 1.54) is 0 Å². The predicted molar refractivity (Wildman–Crippen MR) is 121 cm³/mol. The Hall–Kier alpha value is -3.09. The Labute approximate surface area is 187 Å². The van der Waals surface area contributed by atoms with Crippen molar-refractivity contribution in [1.82, 2.24) is 10.2 Å². The first-order valence-corrected chi connectivity index (χ1v) is 11.1. The first-order chi connectivity index (χ1) is 15.0. The van der Waals surface area contributed by atoms with Crippen molar-refractivity contribution in [2.75, 3.05) is 12.3 Å². The molecule has 2 bridgehead atoms. The second kappa shape index (κ2) is 6.47. The molecule has 1 spiro atoms. The molecule has 1 aromatic carbocycles. The average Bonchev–Trinajstić information content (AvgIpc) is 3.14. The summed E-state index contributed by atoms with van der Waals surface area (Å²) in [5.74, 6) is -0.294. The van der Waals surface area contributed by atoms with Gasteiger partial charge in [0.25, 0.3) is 0 Å². The lowest BCUT2D eigenvalue weighted by molar-refractivity contribution is -0.172. The number of nitrogens with one attached hydrogen (secondary N) is 1. The van der Waals surface area contributed by atoms with E-state index < -0.39 is 16.7 Å². The number of Topliss-reactive ketones (excluding diaryl/α,β-unsaturated/α-hetero) is 1. The summed E-state index contributed by atoms with van der Waals surface area (Å²) in [5.41, 5.74) is 5.92. The molecule has 0 saturated carbocycles. The molecule has 168 valence electrons. The van der Waals surface area contributed by atoms with Crippen LogP contribution in [0.15, 0.2) is 30.4 Å². The maximum absolute atomic E-state index is 13.7. The average molecular weight is 436 g/mol. The van der Waals surface area contributed by atoms with Gasteiger partial charge in [0.1, 0.15) is 22.4 Å². The summed E-state index contributed by atoms with van der Waals surface area (Å²) in [6.07, 6.45) is 5.56. The minimum atomic E-state index is -1.32. The van der Waals surface area contributed by atoms with E-state index >= 15 is 0 Å². The van der Waals surface area contributed by atoms with Gasteiger partial charge in [-0.1, -0.05) is 12.2 Å². The Morgan fingerprint density at radius 2 is 2.09 bits per heavy atom. The molecule has 4 fully saturated rings. The summed E-state index contributed by atoms with van der Waals surface area (Å²) in [6, 6.07) is 3.39. The molecule has 5 heterocycles. The first-order valence-electron chi connectivity index (χ1n) is 11.1. The van der Waals surface area contributed by atoms with Gasteiger partial charge in [-0.3, -0.25) is 14.4 Å². The quantitative estimate of drug-likeness (QED) is 0.430. The zero-order chi connectivity index (χ0) is 23.1. The van der Waals surface area contributed by atoms with Gasteiger partial charge in [-0.2, -0.15) is 0 Å². The van der Waals surface area contributed by atoms with Gasteiger partial charge in [0.05, 0.1) is 5.69 Å². The van der Waals surface area contributed by atoms with Crippen molar-refractivity contribution >= 4 is 29.4 Å². The molecule has 4 saturated heterocycles. The molecule has 3 unspecified atom stereocenters. The molecule has 7 nitrogen and oxygen atoms in total. The van der Waals surface area contributed by atoms with Crippen LogP contribution in [0.5, 0.6) is 5.75 Å². The highest BCUT2D eigenvalue weighted by molar-refractivity contribution is 6.11. The van der Waals surface area contributed by atoms with E-state index in [1.807, 2.05) is 32.9 Å². The number of carbonyl (C=O) groups excluding carboxylic acids is 3. The monoisotopic (exact) mass is 435 g/mol. The number of hydrogen-bond donors (Lipinski definition) is 2. The van der Waals surface area contributed by atoms with Crippen LogP contribution in [0, 0.1) is 5.92 Å². The number of nitrogens with two attached hydrogens (primary N) is 1. The van der Waals surface area contributed by atoms with Gasteiger partial charge >= 0.3 is 0 Å². The molecule has 3 N–H and O–H groups in total. The van der Waals surface area contributed by atoms with Gasteiger partial charge in [0, 0.05) is 30.0 Å². The standard InChI is InChI=1S/C25H29N3O4/c1-14(2)17-12-24-9-5-11-28(24)22(31)25(17,27-21(24)30)13-18(29)15-6-7-19-16(20(15)26)8-10-23(3,4)32-19/h6-8,10,17H,1,5,9,11-13,26H2,2-4H3,(H,27,30). The molecule has 1 aromatic rings. The SMILES string of the molecule is C=C(C)C1CC23CCCN2C(=O)C1(CC(=O)c1ccc2c(c1N)C=CC(C)(C)O2)NC3=O. The summed E-state index contributed by atoms with van der Waals surface area (Å²) in [6.45, 7) is 10.4. The number of nitrogens with zero attached hydrogens (tertiary/aromatic N) is 1. The van der Waals surface area contributed by atoms with E-state index in [4.69, 9.17) is 10.5 Å². The van der Waals surface area contributed by atoms with E-state index in [9.17, 15) is 14.4 Å². The van der Waals surface area contributed by atoms with Crippen molar-refractivity contribution in [3.63, 3.8) is 0 Å². The van der Waals surface area contributed by atoms with Crippen molar-refractivity contribution < 1.29 is 19.1 Å². The third-order valence-corrected chi connectivity index (χ3v) is 7.62. The van der Waals surface area contributed by atoms with E-state index in [2.05, 4.69) is 11.9 Å². The van der Waals surface area contributed by atoms with Crippen LogP contribution in [0.1, 0.15) is 62.4 Å². The number of anilines is 1. The summed E-state index contributed by atoms with van der Waals surface area (Å²) >= 11 is 0. The van der Waals surface area contributed by atoms with Crippen LogP contribution < -0.4 is 15.8 Å². The smallest absolute Gasteiger partial charge is 0.250 e. The van der Waals surface area contributed by atoms with Gasteiger partial charge in [-0.25, -0.2) is 0 Å². The maximum Gasteiger partial charge on any atom is 0.250 e. The topological polar surface area (TPSA) is 102 Å². The Morgan fingerprint density at radius 1 is 1.34 bits per heavy atom. The van der Waals surface area contributed by atoms with Crippen LogP contribution >= 0.6 is 0 Å². The second-order valence-corrected chi connectivity index (χ2v) is 10.2. The van der Waals surface area contributed by atoms with Crippen molar-refractivity contribution in [3.8, 4) is 5.75 Å². The van der Waals surface area contributed by atoms with Crippen molar-refractivity contribution in [2.24, 2.45) is 5.92 Å². The fourth-order valence-electron chi connectivity index (χ4n) is 5.99. The van der Waals surface area contributed by atoms with Gasteiger partial charge in [0.15, 0.2) is 5.78 Å². The molecule has 7 heteroatoms. The second-order valence-electron chi connectivity index (χ2n) is 10.2. The third kappa shape index (κ3) is 2.63. The molecule has 0 aliphatic carbocycles. The molecular weight excluding hydrogens is 406 g/mol. The van der Waals surface area contributed by atoms with Crippen molar-refractivity contribution in [2.45, 2.75) is 63.1 Å². The summed E-state index contributed by atoms with van der Waals surface area (Å²) in [5, 5.41) is 2.97. The highest BCUT2D eigenvalue weighted by atomic mass is 16.5. The van der Waals surface area contributed by atoms with E-state index in [-0.39, 0.29) is 29.9 Å². The number of piperazine rings is 1. The zero-order valence-corrected chi connectivity index (χ0v) is 18.8. The number of piperidine rings is 2. The zero-order valence-electron chi connectivity index (χ0n) is 18.8. The molecule has 6 rings (SSSR count). The fourth-order valence-corrected chi connectivity index (χ4v) is 5.99. The van der Waals surface area contributed by atoms with Crippen LogP contribution in [0.2, 0.25) is 0 Å². The Balaban J connectivity index is 1.53. The van der Waals surface area contributed by atoms with Crippen LogP contribution in [-0.4, -0.2) is 45.7 Å². The summed E-state index contributed by atoms with van der Waals surface area (Å²) in [4.78, 5) is 42.0. The van der Waals surface area contributed by atoms with Gasteiger partial charge < -0.3 is 20.7 Å². The molecule has 3 atom stereocenters. The Kier molecular flexibility index (Phi) is 4.20. The van der Waals surface area contributed by atoms with Crippen molar-refractivity contribution in [1.29, 1.82) is 0 Å². The minimum absolute atomic E-state index is 0.152. The molecule has 5 aliphatic rings. The van der Waals surface area contributed by atoms with E-state index in [0.717, 1.165) is 12.0 Å². The predicted octanol–water partition coefficient (Wildman–Crippen LogP) is 2.85. The lowest BCUT2D eigenvalue weighted by atomic mass is 9.61. The molecule has 5 aliphatic heterocycles. The van der Waals surface area contributed by atoms with Crippen LogP contribution in [0.4, 0.5) is 5.69 Å². The molecule has 32 heavy (non-hydrogen) atoms. The maximum atomic E-state index is 13.7. The van der Waals surface area contributed by atoms with Crippen molar-refractivity contribution in [3.05, 3.63) is 41.5 Å². The highest BCUT2D eigenvalue weighted by Gasteiger charge is 2.69. The highest BCUT2D eigenvalue weighted by Crippen LogP contribution is 2.52. The number of fused-ring (bicyclic) bond motifs is 3. The van der Waals surface area contributed by atoms with Gasteiger partial charge in [0.2, 0.25) is 11.8 Å². The summed E-state index contributed by atoms with van der Waals surface area (Å²) in [7, 11) is 0. The first kappa shape index (κ1) is 20.8. The number of rotatable bonds is 4. The van der Waals surface area contributed by atoms with Crippen LogP contribution in [0.3, 0.4) is 0 Å². The lowest BCUT2D eigenvalue weighted by Gasteiger charge is -2.59. The normalized spacial score (nSPS) is 31.6. The number of ketones is 1. The number of carbonyl (C=O) groups is 3. The van der Waals surface area contributed by atoms with Gasteiger partial charge in [-0.15, -0.1) is 0 Å². The van der Waals surface area contributed by atoms with Crippen LogP contribution in [-0.2, 0) is 9.59 Å². The lowest BCUT2D eigenvalue weighted by Crippen LogP contribution is -2.81. The van der Waals surface area contributed by atoms with Crippen LogP contribution in [0.25, 0.3) is 6.08 Å². The molecule has 2 amide bonds. The largest absolute Gasteiger partial charge is 0.483 e. The third-order valence-electron chi connectivity index (χ3n) is 7.62. The molecule has 0 radical (unpaired) electrons. The number of hydrogen-bond acceptors (Lipinski definition) is 5. The number of benzene rings is 1. The van der Waals surface area contributed by atoms with E-state index in [0.29, 0.717) is 42.0 Å². The number of nitrogen functional groups attached to an aromatic ring is 1. The van der Waals surface area contributed by atoms with Gasteiger partial charge in [-0.05, 0) is 64.3 Å². The fraction of sp³-hybridized carbons (Fsp3) is 0.480. The number of amides is 2. The molecular formula is C25H29N3O4. The number of ether oxygens (including phenoxy) is 1. The van der Waals surface area contributed by atoms with E-state index in [1.54, 1.807) is 17.0 Å². The molecule has 0 aromatic heterocycles.